The molecule has 3 heterocycles. The lowest BCUT2D eigenvalue weighted by Crippen LogP contribution is -2.42. The molecule has 8 nitrogen and oxygen atoms in total. The maximum atomic E-state index is 14.6. The number of nitrogens with zero attached hydrogens (tertiary/aromatic N) is 4. The minimum Gasteiger partial charge on any atom is -0.365 e. The van der Waals surface area contributed by atoms with Crippen LogP contribution in [0.5, 0.6) is 0 Å². The number of carbonyl (C=O) groups excluding carboxylic acids is 1. The predicted octanol–water partition coefficient (Wildman–Crippen LogP) is 4.75. The lowest BCUT2D eigenvalue weighted by atomic mass is 9.91. The summed E-state index contributed by atoms with van der Waals surface area (Å²) in [5.41, 5.74) is 2.07. The highest BCUT2D eigenvalue weighted by Gasteiger charge is 2.26. The van der Waals surface area contributed by atoms with Gasteiger partial charge >= 0.3 is 0 Å². The van der Waals surface area contributed by atoms with Crippen LogP contribution in [0.1, 0.15) is 41.9 Å². The highest BCUT2D eigenvalue weighted by atomic mass is 35.5. The molecule has 0 aliphatic heterocycles. The number of anilines is 1. The van der Waals surface area contributed by atoms with E-state index in [1.165, 1.54) is 6.07 Å². The van der Waals surface area contributed by atoms with Crippen LogP contribution in [-0.2, 0) is 7.05 Å². The van der Waals surface area contributed by atoms with Crippen LogP contribution in [0.15, 0.2) is 30.6 Å². The molecule has 3 aromatic heterocycles. The van der Waals surface area contributed by atoms with Crippen molar-refractivity contribution in [2.75, 3.05) is 5.32 Å². The summed E-state index contributed by atoms with van der Waals surface area (Å²) in [4.78, 5) is 24.0. The Bertz CT molecular complexity index is 1420. The molecule has 4 aromatic rings. The van der Waals surface area contributed by atoms with Gasteiger partial charge in [-0.2, -0.15) is 5.10 Å². The first-order chi connectivity index (χ1) is 16.8. The van der Waals surface area contributed by atoms with Gasteiger partial charge in [0.2, 0.25) is 0 Å². The highest BCUT2D eigenvalue weighted by molar-refractivity contribution is 6.31. The molecule has 0 saturated heterocycles. The quantitative estimate of drug-likeness (QED) is 0.368. The third-order valence-corrected chi connectivity index (χ3v) is 6.49. The van der Waals surface area contributed by atoms with Crippen molar-refractivity contribution >= 4 is 34.2 Å². The summed E-state index contributed by atoms with van der Waals surface area (Å²) < 4.78 is 30.4. The van der Waals surface area contributed by atoms with E-state index in [4.69, 9.17) is 11.6 Å². The maximum absolute atomic E-state index is 14.6. The van der Waals surface area contributed by atoms with Gasteiger partial charge in [0.25, 0.3) is 5.91 Å². The van der Waals surface area contributed by atoms with Gasteiger partial charge in [-0.25, -0.2) is 18.7 Å². The molecule has 1 amide bonds. The molecular weight excluding hydrogens is 476 g/mol. The Balaban J connectivity index is 1.33. The van der Waals surface area contributed by atoms with E-state index in [9.17, 15) is 13.6 Å². The highest BCUT2D eigenvalue weighted by Crippen LogP contribution is 2.32. The Morgan fingerprint density at radius 3 is 2.77 bits per heavy atom. The fourth-order valence-corrected chi connectivity index (χ4v) is 4.87. The van der Waals surface area contributed by atoms with Crippen LogP contribution < -0.4 is 10.6 Å². The summed E-state index contributed by atoms with van der Waals surface area (Å²) in [6.07, 6.45) is 5.80. The minimum atomic E-state index is -0.589. The van der Waals surface area contributed by atoms with Gasteiger partial charge < -0.3 is 15.6 Å². The Labute approximate surface area is 205 Å². The average Bonchev–Trinajstić information content (AvgIpc) is 3.38. The normalized spacial score (nSPS) is 18.1. The molecule has 1 aliphatic carbocycles. The van der Waals surface area contributed by atoms with E-state index in [-0.39, 0.29) is 40.2 Å². The van der Waals surface area contributed by atoms with E-state index in [1.807, 2.05) is 6.92 Å². The average molecular weight is 500 g/mol. The van der Waals surface area contributed by atoms with Crippen molar-refractivity contribution in [1.29, 1.82) is 0 Å². The number of hydrogen-bond donors (Lipinski definition) is 3. The first kappa shape index (κ1) is 23.2. The van der Waals surface area contributed by atoms with E-state index in [2.05, 4.69) is 30.7 Å². The Morgan fingerprint density at radius 1 is 1.20 bits per heavy atom. The third-order valence-electron chi connectivity index (χ3n) is 6.28. The van der Waals surface area contributed by atoms with Gasteiger partial charge in [-0.1, -0.05) is 11.6 Å². The van der Waals surface area contributed by atoms with E-state index < -0.39 is 11.6 Å². The van der Waals surface area contributed by atoms with E-state index in [0.717, 1.165) is 31.2 Å². The summed E-state index contributed by atoms with van der Waals surface area (Å²) >= 11 is 6.02. The molecule has 5 rings (SSSR count). The number of fused-ring (bicyclic) bond motifs is 1. The van der Waals surface area contributed by atoms with Crippen molar-refractivity contribution in [1.82, 2.24) is 30.0 Å². The van der Waals surface area contributed by atoms with Gasteiger partial charge in [0.05, 0.1) is 17.4 Å². The number of halogens is 3. The zero-order chi connectivity index (χ0) is 24.7. The number of rotatable bonds is 5. The first-order valence-corrected chi connectivity index (χ1v) is 11.7. The van der Waals surface area contributed by atoms with Crippen molar-refractivity contribution < 1.29 is 13.6 Å². The van der Waals surface area contributed by atoms with Crippen molar-refractivity contribution in [3.63, 3.8) is 0 Å². The standard InChI is InChI=1S/C24H24ClF2N7O/c1-12-6-20(34(2)33-12)24(35)31-15-5-3-4-14(9-15)30-23-19(27)11-29-22(32-23)17-10-28-21-16(17)7-13(25)8-18(21)26/h6-8,10-11,14-15,28H,3-5,9H2,1-2H3,(H,31,35)(H,29,30,32)/t14-,15+/m0/s1. The van der Waals surface area contributed by atoms with E-state index >= 15 is 0 Å². The second-order valence-electron chi connectivity index (χ2n) is 8.88. The second kappa shape index (κ2) is 9.26. The topological polar surface area (TPSA) is 101 Å². The van der Waals surface area contributed by atoms with Crippen LogP contribution in [0.4, 0.5) is 14.6 Å². The number of H-pyrrole nitrogens is 1. The van der Waals surface area contributed by atoms with Crippen LogP contribution in [-0.4, -0.2) is 42.7 Å². The molecule has 0 bridgehead atoms. The van der Waals surface area contributed by atoms with Crippen molar-refractivity contribution in [2.24, 2.45) is 7.05 Å². The second-order valence-corrected chi connectivity index (χ2v) is 9.31. The van der Waals surface area contributed by atoms with Gasteiger partial charge in [-0.3, -0.25) is 9.48 Å². The number of carbonyl (C=O) groups is 1. The Kier molecular flexibility index (Phi) is 6.14. The lowest BCUT2D eigenvalue weighted by molar-refractivity contribution is 0.0917. The number of aromatic nitrogens is 5. The molecule has 3 N–H and O–H groups in total. The monoisotopic (exact) mass is 499 g/mol. The van der Waals surface area contributed by atoms with Crippen LogP contribution in [0, 0.1) is 18.6 Å². The lowest BCUT2D eigenvalue weighted by Gasteiger charge is -2.30. The molecule has 1 saturated carbocycles. The van der Waals surface area contributed by atoms with Gasteiger partial charge in [-0.05, 0) is 50.8 Å². The molecule has 0 radical (unpaired) electrons. The number of benzene rings is 1. The van der Waals surface area contributed by atoms with E-state index in [1.54, 1.807) is 30.1 Å². The molecule has 2 atom stereocenters. The van der Waals surface area contributed by atoms with Crippen LogP contribution in [0.2, 0.25) is 5.02 Å². The number of aromatic amines is 1. The third kappa shape index (κ3) is 4.70. The fraction of sp³-hybridized carbons (Fsp3) is 0.333. The zero-order valence-corrected chi connectivity index (χ0v) is 20.0. The molecular formula is C24H24ClF2N7O. The molecule has 1 aliphatic rings. The smallest absolute Gasteiger partial charge is 0.269 e. The molecule has 0 unspecified atom stereocenters. The molecule has 35 heavy (non-hydrogen) atoms. The summed E-state index contributed by atoms with van der Waals surface area (Å²) in [7, 11) is 1.73. The number of amides is 1. The van der Waals surface area contributed by atoms with Gasteiger partial charge in [0.1, 0.15) is 11.5 Å². The molecule has 11 heteroatoms. The number of aryl methyl sites for hydroxylation is 2. The SMILES string of the molecule is Cc1cc(C(=O)N[C@@H]2CCC[C@H](Nc3nc(-c4c[nH]c5c(F)cc(Cl)cc45)ncc3F)C2)n(C)n1. The Hall–Kier alpha value is -3.53. The summed E-state index contributed by atoms with van der Waals surface area (Å²) in [6, 6.07) is 4.43. The first-order valence-electron chi connectivity index (χ1n) is 11.4. The summed E-state index contributed by atoms with van der Waals surface area (Å²) in [6.45, 7) is 1.84. The van der Waals surface area contributed by atoms with Gasteiger partial charge in [-0.15, -0.1) is 0 Å². The fourth-order valence-electron chi connectivity index (χ4n) is 4.67. The largest absolute Gasteiger partial charge is 0.365 e. The van der Waals surface area contributed by atoms with E-state index in [0.29, 0.717) is 23.1 Å². The van der Waals surface area contributed by atoms with Crippen molar-refractivity contribution in [2.45, 2.75) is 44.7 Å². The Morgan fingerprint density at radius 2 is 2.00 bits per heavy atom. The molecule has 182 valence electrons. The molecule has 1 aromatic carbocycles. The van der Waals surface area contributed by atoms with Crippen LogP contribution in [0.25, 0.3) is 22.3 Å². The number of nitrogens with one attached hydrogen (secondary N) is 3. The van der Waals surface area contributed by atoms with Crippen LogP contribution >= 0.6 is 11.6 Å². The van der Waals surface area contributed by atoms with Crippen LogP contribution in [0.3, 0.4) is 0 Å². The summed E-state index contributed by atoms with van der Waals surface area (Å²) in [5.74, 6) is -0.954. The molecule has 1 fully saturated rings. The van der Waals surface area contributed by atoms with Crippen molar-refractivity contribution in [3.8, 4) is 11.4 Å². The molecule has 0 spiro atoms. The predicted molar refractivity (Wildman–Crippen MR) is 129 cm³/mol. The maximum Gasteiger partial charge on any atom is 0.269 e. The van der Waals surface area contributed by atoms with Gasteiger partial charge in [0, 0.05) is 41.3 Å². The zero-order valence-electron chi connectivity index (χ0n) is 19.2. The van der Waals surface area contributed by atoms with Crippen molar-refractivity contribution in [3.05, 3.63) is 58.6 Å². The number of hydrogen-bond acceptors (Lipinski definition) is 5. The minimum absolute atomic E-state index is 0.0612. The van der Waals surface area contributed by atoms with Gasteiger partial charge in [0.15, 0.2) is 17.5 Å². The summed E-state index contributed by atoms with van der Waals surface area (Å²) in [5, 5.41) is 11.2.